The normalized spacial score (nSPS) is 11.0. The van der Waals surface area contributed by atoms with Gasteiger partial charge in [-0.3, -0.25) is 4.68 Å². The van der Waals surface area contributed by atoms with Gasteiger partial charge in [-0.05, 0) is 24.0 Å². The second kappa shape index (κ2) is 4.52. The van der Waals surface area contributed by atoms with Crippen molar-refractivity contribution in [2.75, 3.05) is 0 Å². The van der Waals surface area contributed by atoms with Gasteiger partial charge in [0.2, 0.25) is 0 Å². The van der Waals surface area contributed by atoms with Gasteiger partial charge in [0.1, 0.15) is 0 Å². The number of aryl methyl sites for hydroxylation is 1. The molecule has 0 radical (unpaired) electrons. The molecular weight excluding hydrogens is 196 g/mol. The number of rotatable bonds is 3. The maximum atomic E-state index is 4.38. The summed E-state index contributed by atoms with van der Waals surface area (Å²) in [5.41, 5.74) is 3.90. The summed E-state index contributed by atoms with van der Waals surface area (Å²) >= 11 is 0. The molecule has 0 aliphatic heterocycles. The number of nitrogens with zero attached hydrogens (tertiary/aromatic N) is 2. The third kappa shape index (κ3) is 2.51. The molecule has 2 aromatic rings. The van der Waals surface area contributed by atoms with E-state index in [0.717, 1.165) is 6.54 Å². The predicted molar refractivity (Wildman–Crippen MR) is 66.6 cm³/mol. The zero-order valence-corrected chi connectivity index (χ0v) is 10.1. The van der Waals surface area contributed by atoms with Crippen LogP contribution in [0, 0.1) is 6.92 Å². The molecule has 0 bridgehead atoms. The monoisotopic (exact) mass is 214 g/mol. The minimum absolute atomic E-state index is 0.547. The maximum absolute atomic E-state index is 4.38. The van der Waals surface area contributed by atoms with E-state index in [1.807, 2.05) is 10.9 Å². The van der Waals surface area contributed by atoms with Crippen molar-refractivity contribution in [3.05, 3.63) is 53.3 Å². The SMILES string of the molecule is Cc1cccc(Cn2cc(C(C)C)cn2)c1. The van der Waals surface area contributed by atoms with Crippen molar-refractivity contribution in [2.45, 2.75) is 33.2 Å². The smallest absolute Gasteiger partial charge is 0.0659 e. The third-order valence-electron chi connectivity index (χ3n) is 2.75. The molecule has 84 valence electrons. The molecule has 0 N–H and O–H groups in total. The Hall–Kier alpha value is -1.57. The minimum atomic E-state index is 0.547. The van der Waals surface area contributed by atoms with Gasteiger partial charge in [0.15, 0.2) is 0 Å². The first-order chi connectivity index (χ1) is 7.65. The van der Waals surface area contributed by atoms with Gasteiger partial charge < -0.3 is 0 Å². The van der Waals surface area contributed by atoms with Crippen LogP contribution in [0.2, 0.25) is 0 Å². The van der Waals surface area contributed by atoms with E-state index < -0.39 is 0 Å². The summed E-state index contributed by atoms with van der Waals surface area (Å²) in [6, 6.07) is 8.56. The summed E-state index contributed by atoms with van der Waals surface area (Å²) in [6.07, 6.45) is 4.09. The van der Waals surface area contributed by atoms with Crippen LogP contribution in [0.1, 0.15) is 36.5 Å². The first-order valence-electron chi connectivity index (χ1n) is 5.73. The van der Waals surface area contributed by atoms with Gasteiger partial charge in [0.25, 0.3) is 0 Å². The van der Waals surface area contributed by atoms with Crippen LogP contribution in [-0.4, -0.2) is 9.78 Å². The Kier molecular flexibility index (Phi) is 3.09. The molecule has 16 heavy (non-hydrogen) atoms. The van der Waals surface area contributed by atoms with E-state index in [-0.39, 0.29) is 0 Å². The third-order valence-corrected chi connectivity index (χ3v) is 2.75. The first-order valence-corrected chi connectivity index (χ1v) is 5.73. The highest BCUT2D eigenvalue weighted by atomic mass is 15.3. The lowest BCUT2D eigenvalue weighted by Crippen LogP contribution is -1.99. The number of hydrogen-bond acceptors (Lipinski definition) is 1. The lowest BCUT2D eigenvalue weighted by molar-refractivity contribution is 0.685. The highest BCUT2D eigenvalue weighted by Crippen LogP contribution is 2.13. The van der Waals surface area contributed by atoms with Gasteiger partial charge in [-0.2, -0.15) is 5.10 Å². The predicted octanol–water partition coefficient (Wildman–Crippen LogP) is 3.36. The average Bonchev–Trinajstić information content (AvgIpc) is 2.66. The van der Waals surface area contributed by atoms with Crippen molar-refractivity contribution in [3.63, 3.8) is 0 Å². The molecule has 0 spiro atoms. The number of hydrogen-bond donors (Lipinski definition) is 0. The molecule has 0 aliphatic carbocycles. The van der Waals surface area contributed by atoms with Crippen molar-refractivity contribution in [1.29, 1.82) is 0 Å². The van der Waals surface area contributed by atoms with E-state index in [1.165, 1.54) is 16.7 Å². The van der Waals surface area contributed by atoms with Crippen molar-refractivity contribution in [2.24, 2.45) is 0 Å². The van der Waals surface area contributed by atoms with Gasteiger partial charge in [-0.15, -0.1) is 0 Å². The van der Waals surface area contributed by atoms with E-state index in [1.54, 1.807) is 0 Å². The molecule has 0 amide bonds. The highest BCUT2D eigenvalue weighted by Gasteiger charge is 2.03. The van der Waals surface area contributed by atoms with E-state index in [4.69, 9.17) is 0 Å². The van der Waals surface area contributed by atoms with Crippen molar-refractivity contribution >= 4 is 0 Å². The standard InChI is InChI=1S/C14H18N2/c1-11(2)14-8-15-16(10-14)9-13-6-4-5-12(3)7-13/h4-8,10-11H,9H2,1-3H3. The molecule has 0 saturated heterocycles. The highest BCUT2D eigenvalue weighted by molar-refractivity contribution is 5.22. The summed E-state index contributed by atoms with van der Waals surface area (Å²) in [5, 5.41) is 4.38. The zero-order valence-electron chi connectivity index (χ0n) is 10.1. The van der Waals surface area contributed by atoms with Gasteiger partial charge in [-0.1, -0.05) is 43.7 Å². The summed E-state index contributed by atoms with van der Waals surface area (Å²) in [5.74, 6) is 0.547. The van der Waals surface area contributed by atoms with Crippen molar-refractivity contribution in [3.8, 4) is 0 Å². The van der Waals surface area contributed by atoms with Crippen LogP contribution < -0.4 is 0 Å². The average molecular weight is 214 g/mol. The molecule has 1 heterocycles. The van der Waals surface area contributed by atoms with Gasteiger partial charge >= 0.3 is 0 Å². The van der Waals surface area contributed by atoms with Crippen LogP contribution >= 0.6 is 0 Å². The Morgan fingerprint density at radius 2 is 2.12 bits per heavy atom. The van der Waals surface area contributed by atoms with Gasteiger partial charge in [0.05, 0.1) is 12.7 Å². The van der Waals surface area contributed by atoms with E-state index >= 15 is 0 Å². The Labute approximate surface area is 96.9 Å². The minimum Gasteiger partial charge on any atom is -0.268 e. The lowest BCUT2D eigenvalue weighted by atomic mass is 10.1. The second-order valence-electron chi connectivity index (χ2n) is 4.62. The van der Waals surface area contributed by atoms with Gasteiger partial charge in [-0.25, -0.2) is 0 Å². The summed E-state index contributed by atoms with van der Waals surface area (Å²) in [6.45, 7) is 7.35. The molecule has 2 nitrogen and oxygen atoms in total. The molecule has 1 aromatic carbocycles. The Balaban J connectivity index is 2.14. The molecule has 0 saturated carbocycles. The van der Waals surface area contributed by atoms with E-state index in [2.05, 4.69) is 56.3 Å². The lowest BCUT2D eigenvalue weighted by Gasteiger charge is -2.03. The summed E-state index contributed by atoms with van der Waals surface area (Å²) in [7, 11) is 0. The fraction of sp³-hybridized carbons (Fsp3) is 0.357. The summed E-state index contributed by atoms with van der Waals surface area (Å²) < 4.78 is 2.00. The van der Waals surface area contributed by atoms with Crippen LogP contribution in [0.15, 0.2) is 36.7 Å². The van der Waals surface area contributed by atoms with Crippen LogP contribution in [0.4, 0.5) is 0 Å². The van der Waals surface area contributed by atoms with Crippen molar-refractivity contribution < 1.29 is 0 Å². The molecule has 0 unspecified atom stereocenters. The Morgan fingerprint density at radius 3 is 2.75 bits per heavy atom. The first kappa shape index (κ1) is 10.9. The molecule has 1 aromatic heterocycles. The van der Waals surface area contributed by atoms with Crippen molar-refractivity contribution in [1.82, 2.24) is 9.78 Å². The topological polar surface area (TPSA) is 17.8 Å². The van der Waals surface area contributed by atoms with Crippen LogP contribution in [0.3, 0.4) is 0 Å². The Bertz CT molecular complexity index is 469. The molecule has 2 heteroatoms. The zero-order chi connectivity index (χ0) is 11.5. The fourth-order valence-electron chi connectivity index (χ4n) is 1.76. The van der Waals surface area contributed by atoms with E-state index in [0.29, 0.717) is 5.92 Å². The molecule has 2 rings (SSSR count). The fourth-order valence-corrected chi connectivity index (χ4v) is 1.76. The van der Waals surface area contributed by atoms with Crippen LogP contribution in [0.5, 0.6) is 0 Å². The second-order valence-corrected chi connectivity index (χ2v) is 4.62. The molecule has 0 fully saturated rings. The molecular formula is C14H18N2. The quantitative estimate of drug-likeness (QED) is 0.766. The Morgan fingerprint density at radius 1 is 1.31 bits per heavy atom. The maximum Gasteiger partial charge on any atom is 0.0659 e. The molecule has 0 atom stereocenters. The largest absolute Gasteiger partial charge is 0.268 e. The van der Waals surface area contributed by atoms with Gasteiger partial charge in [0, 0.05) is 6.20 Å². The van der Waals surface area contributed by atoms with Crippen LogP contribution in [0.25, 0.3) is 0 Å². The number of benzene rings is 1. The number of aromatic nitrogens is 2. The summed E-state index contributed by atoms with van der Waals surface area (Å²) in [4.78, 5) is 0. The van der Waals surface area contributed by atoms with Crippen LogP contribution in [-0.2, 0) is 6.54 Å². The molecule has 0 aliphatic rings. The van der Waals surface area contributed by atoms with E-state index in [9.17, 15) is 0 Å².